The van der Waals surface area contributed by atoms with Crippen molar-refractivity contribution in [1.29, 1.82) is 0 Å². The molecular weight excluding hydrogens is 346 g/mol. The summed E-state index contributed by atoms with van der Waals surface area (Å²) in [7, 11) is 0. The van der Waals surface area contributed by atoms with Crippen LogP contribution in [0.4, 0.5) is 4.39 Å². The second kappa shape index (κ2) is 5.70. The first kappa shape index (κ1) is 13.3. The lowest BCUT2D eigenvalue weighted by atomic mass is 10.1. The van der Waals surface area contributed by atoms with E-state index < -0.39 is 0 Å². The standard InChI is InChI=1S/C12H8BrCl2FS/c13-9(8-6-11(14)17-12(8)15)5-7-3-1-2-4-10(7)16/h1-4,6,9H,5H2. The van der Waals surface area contributed by atoms with Crippen molar-refractivity contribution < 1.29 is 4.39 Å². The first-order chi connectivity index (χ1) is 8.08. The first-order valence-corrected chi connectivity index (χ1v) is 7.39. The molecule has 0 aliphatic rings. The molecule has 1 atom stereocenters. The second-order valence-corrected chi connectivity index (χ2v) is 6.93. The van der Waals surface area contributed by atoms with Gasteiger partial charge in [-0.05, 0) is 29.7 Å². The van der Waals surface area contributed by atoms with Crippen LogP contribution in [-0.2, 0) is 6.42 Å². The largest absolute Gasteiger partial charge is 0.207 e. The highest BCUT2D eigenvalue weighted by atomic mass is 79.9. The van der Waals surface area contributed by atoms with E-state index in [1.165, 1.54) is 17.4 Å². The minimum atomic E-state index is -0.200. The Morgan fingerprint density at radius 1 is 1.29 bits per heavy atom. The van der Waals surface area contributed by atoms with E-state index in [0.29, 0.717) is 20.7 Å². The molecule has 0 aliphatic heterocycles. The third kappa shape index (κ3) is 3.22. The quantitative estimate of drug-likeness (QED) is 0.605. The van der Waals surface area contributed by atoms with Gasteiger partial charge in [0.1, 0.15) is 5.82 Å². The molecule has 2 aromatic rings. The Morgan fingerprint density at radius 3 is 2.59 bits per heavy atom. The van der Waals surface area contributed by atoms with Gasteiger partial charge in [-0.25, -0.2) is 4.39 Å². The molecule has 0 bridgehead atoms. The minimum Gasteiger partial charge on any atom is -0.207 e. The second-order valence-electron chi connectivity index (χ2n) is 3.54. The fourth-order valence-corrected chi connectivity index (χ4v) is 4.11. The fourth-order valence-electron chi connectivity index (χ4n) is 1.53. The van der Waals surface area contributed by atoms with E-state index in [9.17, 15) is 4.39 Å². The van der Waals surface area contributed by atoms with Crippen LogP contribution in [-0.4, -0.2) is 0 Å². The predicted molar refractivity (Wildman–Crippen MR) is 76.1 cm³/mol. The van der Waals surface area contributed by atoms with Crippen molar-refractivity contribution in [1.82, 2.24) is 0 Å². The Bertz CT molecular complexity index is 527. The summed E-state index contributed by atoms with van der Waals surface area (Å²) >= 11 is 16.8. The maximum absolute atomic E-state index is 13.5. The van der Waals surface area contributed by atoms with Gasteiger partial charge in [0.2, 0.25) is 0 Å². The molecule has 90 valence electrons. The zero-order valence-corrected chi connectivity index (χ0v) is 12.5. The van der Waals surface area contributed by atoms with Gasteiger partial charge in [-0.15, -0.1) is 11.3 Å². The van der Waals surface area contributed by atoms with E-state index in [1.54, 1.807) is 12.1 Å². The van der Waals surface area contributed by atoms with Crippen molar-refractivity contribution >= 4 is 50.5 Å². The van der Waals surface area contributed by atoms with Crippen LogP contribution in [0.5, 0.6) is 0 Å². The SMILES string of the molecule is Fc1ccccc1CC(Br)c1cc(Cl)sc1Cl. The van der Waals surface area contributed by atoms with Gasteiger partial charge in [0.25, 0.3) is 0 Å². The van der Waals surface area contributed by atoms with Crippen LogP contribution < -0.4 is 0 Å². The topological polar surface area (TPSA) is 0 Å². The maximum Gasteiger partial charge on any atom is 0.126 e. The summed E-state index contributed by atoms with van der Waals surface area (Å²) in [6.07, 6.45) is 0.541. The van der Waals surface area contributed by atoms with Crippen molar-refractivity contribution in [3.8, 4) is 0 Å². The van der Waals surface area contributed by atoms with Gasteiger partial charge >= 0.3 is 0 Å². The van der Waals surface area contributed by atoms with Crippen LogP contribution in [0.1, 0.15) is 16.0 Å². The van der Waals surface area contributed by atoms with E-state index in [4.69, 9.17) is 23.2 Å². The van der Waals surface area contributed by atoms with E-state index in [2.05, 4.69) is 15.9 Å². The number of halogens is 4. The van der Waals surface area contributed by atoms with Crippen LogP contribution in [0.25, 0.3) is 0 Å². The van der Waals surface area contributed by atoms with Gasteiger partial charge < -0.3 is 0 Å². The molecule has 5 heteroatoms. The van der Waals surface area contributed by atoms with Crippen LogP contribution in [0.3, 0.4) is 0 Å². The van der Waals surface area contributed by atoms with E-state index in [0.717, 1.165) is 5.56 Å². The lowest BCUT2D eigenvalue weighted by molar-refractivity contribution is 0.608. The molecule has 1 aromatic carbocycles. The van der Waals surface area contributed by atoms with Gasteiger partial charge in [-0.2, -0.15) is 0 Å². The smallest absolute Gasteiger partial charge is 0.126 e. The van der Waals surface area contributed by atoms with Gasteiger partial charge in [0, 0.05) is 4.83 Å². The third-order valence-electron chi connectivity index (χ3n) is 2.38. The van der Waals surface area contributed by atoms with Gasteiger partial charge in [0.05, 0.1) is 8.67 Å². The zero-order valence-electron chi connectivity index (χ0n) is 8.59. The molecule has 1 heterocycles. The van der Waals surface area contributed by atoms with Crippen LogP contribution in [0.15, 0.2) is 30.3 Å². The van der Waals surface area contributed by atoms with Gasteiger partial charge in [-0.3, -0.25) is 0 Å². The monoisotopic (exact) mass is 352 g/mol. The zero-order chi connectivity index (χ0) is 12.4. The summed E-state index contributed by atoms with van der Waals surface area (Å²) in [4.78, 5) is -0.0318. The molecule has 0 saturated heterocycles. The molecule has 0 aliphatic carbocycles. The molecule has 1 aromatic heterocycles. The van der Waals surface area contributed by atoms with E-state index >= 15 is 0 Å². The molecule has 0 spiro atoms. The lowest BCUT2D eigenvalue weighted by Gasteiger charge is -2.09. The Kier molecular flexibility index (Phi) is 4.47. The molecule has 0 radical (unpaired) electrons. The summed E-state index contributed by atoms with van der Waals surface area (Å²) in [5.74, 6) is -0.200. The molecule has 17 heavy (non-hydrogen) atoms. The fraction of sp³-hybridized carbons (Fsp3) is 0.167. The van der Waals surface area contributed by atoms with Crippen LogP contribution in [0, 0.1) is 5.82 Å². The summed E-state index contributed by atoms with van der Waals surface area (Å²) < 4.78 is 14.8. The Balaban J connectivity index is 2.20. The van der Waals surface area contributed by atoms with Crippen molar-refractivity contribution in [2.24, 2.45) is 0 Å². The molecule has 0 saturated carbocycles. The number of benzene rings is 1. The molecule has 0 nitrogen and oxygen atoms in total. The van der Waals surface area contributed by atoms with Crippen LogP contribution in [0.2, 0.25) is 8.67 Å². The normalized spacial score (nSPS) is 12.7. The lowest BCUT2D eigenvalue weighted by Crippen LogP contribution is -1.97. The van der Waals surface area contributed by atoms with Crippen LogP contribution >= 0.6 is 50.5 Å². The Hall–Kier alpha value is -0.0900. The average molecular weight is 354 g/mol. The molecule has 1 unspecified atom stereocenters. The maximum atomic E-state index is 13.5. The number of hydrogen-bond acceptors (Lipinski definition) is 1. The summed E-state index contributed by atoms with van der Waals surface area (Å²) in [5.41, 5.74) is 1.57. The van der Waals surface area contributed by atoms with E-state index in [-0.39, 0.29) is 10.6 Å². The van der Waals surface area contributed by atoms with Gasteiger partial charge in [0.15, 0.2) is 0 Å². The molecule has 0 amide bonds. The van der Waals surface area contributed by atoms with E-state index in [1.807, 2.05) is 12.1 Å². The Labute approximate surface area is 121 Å². The highest BCUT2D eigenvalue weighted by Gasteiger charge is 2.16. The number of hydrogen-bond donors (Lipinski definition) is 0. The minimum absolute atomic E-state index is 0.0318. The summed E-state index contributed by atoms with van der Waals surface area (Å²) in [5, 5.41) is 0. The Morgan fingerprint density at radius 2 is 2.00 bits per heavy atom. The molecule has 0 fully saturated rings. The average Bonchev–Trinajstić information content (AvgIpc) is 2.61. The number of alkyl halides is 1. The highest BCUT2D eigenvalue weighted by molar-refractivity contribution is 9.09. The van der Waals surface area contributed by atoms with Gasteiger partial charge in [-0.1, -0.05) is 57.3 Å². The molecule has 0 N–H and O–H groups in total. The summed E-state index contributed by atoms with van der Waals surface area (Å²) in [6.45, 7) is 0. The summed E-state index contributed by atoms with van der Waals surface area (Å²) in [6, 6.07) is 8.54. The first-order valence-electron chi connectivity index (χ1n) is 4.90. The predicted octanol–water partition coefficient (Wildman–Crippen LogP) is 5.87. The van der Waals surface area contributed by atoms with Crippen molar-refractivity contribution in [2.45, 2.75) is 11.2 Å². The van der Waals surface area contributed by atoms with Crippen molar-refractivity contribution in [3.05, 3.63) is 55.9 Å². The number of rotatable bonds is 3. The molecular formula is C12H8BrCl2FS. The number of thiophene rings is 1. The molecule has 2 rings (SSSR count). The highest BCUT2D eigenvalue weighted by Crippen LogP contribution is 2.39. The third-order valence-corrected chi connectivity index (χ3v) is 4.71. The van der Waals surface area contributed by atoms with Crippen molar-refractivity contribution in [2.75, 3.05) is 0 Å². The van der Waals surface area contributed by atoms with Crippen molar-refractivity contribution in [3.63, 3.8) is 0 Å².